The third kappa shape index (κ3) is 4.23. The van der Waals surface area contributed by atoms with Gasteiger partial charge in [-0.1, -0.05) is 0 Å². The second-order valence-corrected chi connectivity index (χ2v) is 9.34. The number of thioether (sulfide) groups is 1. The fraction of sp³-hybridized carbons (Fsp3) is 0.591. The molecule has 0 spiro atoms. The molecule has 2 aromatic rings. The molecule has 3 aliphatic rings. The van der Waals surface area contributed by atoms with Crippen molar-refractivity contribution in [2.24, 2.45) is 4.99 Å². The second kappa shape index (κ2) is 8.86. The molecule has 0 bridgehead atoms. The first-order valence-electron chi connectivity index (χ1n) is 10.9. The molecular formula is C22H29FN4O2S. The molecule has 1 aromatic heterocycles. The van der Waals surface area contributed by atoms with E-state index in [-0.39, 0.29) is 11.9 Å². The van der Waals surface area contributed by atoms with Crippen LogP contribution in [0.15, 0.2) is 23.2 Å². The van der Waals surface area contributed by atoms with Crippen molar-refractivity contribution in [1.82, 2.24) is 9.88 Å². The summed E-state index contributed by atoms with van der Waals surface area (Å²) in [7, 11) is 0. The zero-order valence-corrected chi connectivity index (χ0v) is 18.1. The maximum atomic E-state index is 14.3. The average molecular weight is 433 g/mol. The number of aromatic amines is 1. The van der Waals surface area contributed by atoms with Crippen molar-refractivity contribution >= 4 is 33.4 Å². The predicted molar refractivity (Wildman–Crippen MR) is 120 cm³/mol. The summed E-state index contributed by atoms with van der Waals surface area (Å²) in [5.74, 6) is 0.757. The Hall–Kier alpha value is -1.61. The Labute approximate surface area is 180 Å². The monoisotopic (exact) mass is 432 g/mol. The molecule has 2 N–H and O–H groups in total. The van der Waals surface area contributed by atoms with Crippen LogP contribution in [0.1, 0.15) is 25.5 Å². The highest BCUT2D eigenvalue weighted by atomic mass is 32.2. The lowest BCUT2D eigenvalue weighted by atomic mass is 10.1. The highest BCUT2D eigenvalue weighted by Crippen LogP contribution is 2.32. The minimum Gasteiger partial charge on any atom is -0.381 e. The van der Waals surface area contributed by atoms with Crippen molar-refractivity contribution in [3.05, 3.63) is 29.7 Å². The van der Waals surface area contributed by atoms with E-state index in [0.29, 0.717) is 12.1 Å². The van der Waals surface area contributed by atoms with Crippen LogP contribution in [0.3, 0.4) is 0 Å². The standard InChI is InChI=1S/C22H29FN4O2S/c1-14(27-4-8-29-9-5-27)20-13-30-22(26-20)19-11-15-10-16(23)12-18(21(15)25-19)24-17-2-6-28-7-3-17/h10-12,14,17,20,24-25H,2-9,13H2,1H3. The van der Waals surface area contributed by atoms with Crippen LogP contribution in [0.2, 0.25) is 0 Å². The lowest BCUT2D eigenvalue weighted by molar-refractivity contribution is 0.0169. The van der Waals surface area contributed by atoms with Crippen molar-refractivity contribution in [1.29, 1.82) is 0 Å². The Kier molecular flexibility index (Phi) is 6.00. The number of aromatic nitrogens is 1. The number of nitrogens with zero attached hydrogens (tertiary/aromatic N) is 2. The summed E-state index contributed by atoms with van der Waals surface area (Å²) < 4.78 is 25.2. The number of H-pyrrole nitrogens is 1. The fourth-order valence-corrected chi connectivity index (χ4v) is 5.67. The van der Waals surface area contributed by atoms with Gasteiger partial charge in [-0.05, 0) is 38.0 Å². The topological polar surface area (TPSA) is 61.9 Å². The van der Waals surface area contributed by atoms with Gasteiger partial charge in [0.2, 0.25) is 0 Å². The average Bonchev–Trinajstić information content (AvgIpc) is 3.42. The minimum atomic E-state index is -0.220. The summed E-state index contributed by atoms with van der Waals surface area (Å²) in [6.07, 6.45) is 1.88. The summed E-state index contributed by atoms with van der Waals surface area (Å²) >= 11 is 1.79. The van der Waals surface area contributed by atoms with E-state index in [1.54, 1.807) is 23.9 Å². The van der Waals surface area contributed by atoms with Crippen molar-refractivity contribution in [3.63, 3.8) is 0 Å². The number of morpholine rings is 1. The van der Waals surface area contributed by atoms with E-state index in [4.69, 9.17) is 14.5 Å². The molecule has 0 saturated carbocycles. The first-order chi connectivity index (χ1) is 14.7. The van der Waals surface area contributed by atoms with E-state index < -0.39 is 0 Å². The van der Waals surface area contributed by atoms with Crippen LogP contribution in [0.4, 0.5) is 10.1 Å². The Morgan fingerprint density at radius 3 is 2.73 bits per heavy atom. The summed E-state index contributed by atoms with van der Waals surface area (Å²) in [6.45, 7) is 7.32. The maximum Gasteiger partial charge on any atom is 0.126 e. The number of fused-ring (bicyclic) bond motifs is 1. The first kappa shape index (κ1) is 20.3. The zero-order chi connectivity index (χ0) is 20.5. The van der Waals surface area contributed by atoms with Gasteiger partial charge in [0.1, 0.15) is 10.9 Å². The Balaban J connectivity index is 1.37. The maximum absolute atomic E-state index is 14.3. The van der Waals surface area contributed by atoms with Gasteiger partial charge in [-0.2, -0.15) is 0 Å². The van der Waals surface area contributed by atoms with E-state index in [1.165, 1.54) is 0 Å². The summed E-state index contributed by atoms with van der Waals surface area (Å²) in [5, 5.41) is 5.43. The zero-order valence-electron chi connectivity index (χ0n) is 17.3. The quantitative estimate of drug-likeness (QED) is 0.758. The van der Waals surface area contributed by atoms with Crippen LogP contribution < -0.4 is 5.32 Å². The molecule has 0 radical (unpaired) electrons. The fourth-order valence-electron chi connectivity index (χ4n) is 4.51. The molecule has 2 saturated heterocycles. The van der Waals surface area contributed by atoms with Crippen molar-refractivity contribution in [3.8, 4) is 0 Å². The summed E-state index contributed by atoms with van der Waals surface area (Å²) in [4.78, 5) is 11.0. The van der Waals surface area contributed by atoms with Crippen molar-refractivity contribution in [2.75, 3.05) is 50.6 Å². The van der Waals surface area contributed by atoms with Crippen LogP contribution in [0, 0.1) is 5.82 Å². The largest absolute Gasteiger partial charge is 0.381 e. The first-order valence-corrected chi connectivity index (χ1v) is 11.9. The SMILES string of the molecule is CC(C1CSC(c2cc3cc(F)cc(NC4CCOCC4)c3[nH]2)=N1)N1CCOCC1. The van der Waals surface area contributed by atoms with Gasteiger partial charge < -0.3 is 19.8 Å². The number of rotatable bonds is 5. The summed E-state index contributed by atoms with van der Waals surface area (Å²) in [5.41, 5.74) is 2.75. The predicted octanol–water partition coefficient (Wildman–Crippen LogP) is 3.48. The van der Waals surface area contributed by atoms with Crippen LogP contribution in [-0.4, -0.2) is 78.3 Å². The smallest absolute Gasteiger partial charge is 0.126 e. The van der Waals surface area contributed by atoms with Crippen LogP contribution in [0.5, 0.6) is 0 Å². The molecule has 6 nitrogen and oxygen atoms in total. The lowest BCUT2D eigenvalue weighted by Gasteiger charge is -2.34. The molecule has 4 heterocycles. The molecule has 162 valence electrons. The Morgan fingerprint density at radius 2 is 1.93 bits per heavy atom. The van der Waals surface area contributed by atoms with Crippen molar-refractivity contribution in [2.45, 2.75) is 37.9 Å². The molecule has 2 unspecified atom stereocenters. The molecule has 1 aromatic carbocycles. The van der Waals surface area contributed by atoms with Crippen molar-refractivity contribution < 1.29 is 13.9 Å². The van der Waals surface area contributed by atoms with Crippen LogP contribution in [0.25, 0.3) is 10.9 Å². The molecule has 2 fully saturated rings. The Bertz CT molecular complexity index is 921. The van der Waals surface area contributed by atoms with E-state index in [1.807, 2.05) is 6.07 Å². The highest BCUT2D eigenvalue weighted by Gasteiger charge is 2.30. The number of aliphatic imine (C=N–C) groups is 1. The number of nitrogens with one attached hydrogen (secondary N) is 2. The number of halogens is 1. The molecule has 2 atom stereocenters. The summed E-state index contributed by atoms with van der Waals surface area (Å²) in [6, 6.07) is 6.19. The van der Waals surface area contributed by atoms with Gasteiger partial charge >= 0.3 is 0 Å². The van der Waals surface area contributed by atoms with Gasteiger partial charge in [0.25, 0.3) is 0 Å². The molecule has 30 heavy (non-hydrogen) atoms. The lowest BCUT2D eigenvalue weighted by Crippen LogP contribution is -2.47. The van der Waals surface area contributed by atoms with E-state index >= 15 is 0 Å². The highest BCUT2D eigenvalue weighted by molar-refractivity contribution is 8.14. The molecule has 8 heteroatoms. The van der Waals surface area contributed by atoms with Gasteiger partial charge in [0.05, 0.1) is 36.2 Å². The Morgan fingerprint density at radius 1 is 1.17 bits per heavy atom. The minimum absolute atomic E-state index is 0.220. The van der Waals surface area contributed by atoms with Crippen LogP contribution in [-0.2, 0) is 9.47 Å². The third-order valence-electron chi connectivity index (χ3n) is 6.36. The number of hydrogen-bond acceptors (Lipinski definition) is 6. The molecule has 3 aliphatic heterocycles. The van der Waals surface area contributed by atoms with Gasteiger partial charge in [-0.25, -0.2) is 4.39 Å². The second-order valence-electron chi connectivity index (χ2n) is 8.33. The van der Waals surface area contributed by atoms with Crippen LogP contribution >= 0.6 is 11.8 Å². The van der Waals surface area contributed by atoms with Gasteiger partial charge in [0, 0.05) is 49.5 Å². The molecule has 5 rings (SSSR count). The van der Waals surface area contributed by atoms with Gasteiger partial charge in [0.15, 0.2) is 0 Å². The number of ether oxygens (including phenoxy) is 2. The molecular weight excluding hydrogens is 403 g/mol. The number of anilines is 1. The third-order valence-corrected chi connectivity index (χ3v) is 7.46. The number of benzene rings is 1. The van der Waals surface area contributed by atoms with E-state index in [2.05, 4.69) is 22.1 Å². The van der Waals surface area contributed by atoms with Gasteiger partial charge in [-0.3, -0.25) is 9.89 Å². The normalized spacial score (nSPS) is 24.9. The number of hydrogen-bond donors (Lipinski definition) is 2. The van der Waals surface area contributed by atoms with E-state index in [9.17, 15) is 4.39 Å². The van der Waals surface area contributed by atoms with Gasteiger partial charge in [-0.15, -0.1) is 11.8 Å². The molecule has 0 amide bonds. The molecule has 0 aliphatic carbocycles. The van der Waals surface area contributed by atoms with E-state index in [0.717, 1.165) is 85.4 Å².